The number of aromatic nitrogens is 2. The molecule has 2 aliphatic rings. The number of hydrogen-bond donors (Lipinski definition) is 3. The Bertz CT molecular complexity index is 1580. The zero-order valence-electron chi connectivity index (χ0n) is 22.9. The molecule has 5 rings (SSSR count). The quantitative estimate of drug-likeness (QED) is 0.408. The number of rotatable bonds is 4. The molecule has 1 aromatic heterocycles. The topological polar surface area (TPSA) is 134 Å². The Morgan fingerprint density at radius 2 is 1.81 bits per heavy atom. The first-order chi connectivity index (χ1) is 19.8. The van der Waals surface area contributed by atoms with Crippen molar-refractivity contribution in [1.82, 2.24) is 14.9 Å². The van der Waals surface area contributed by atoms with Crippen LogP contribution in [0.15, 0.2) is 53.4 Å². The summed E-state index contributed by atoms with van der Waals surface area (Å²) in [5, 5.41) is 12.3. The van der Waals surface area contributed by atoms with Crippen LogP contribution in [0, 0.1) is 19.8 Å². The molecule has 224 valence electrons. The first kappa shape index (κ1) is 29.7. The molecule has 0 saturated carbocycles. The fourth-order valence-electron chi connectivity index (χ4n) is 5.28. The van der Waals surface area contributed by atoms with Crippen molar-refractivity contribution in [3.8, 4) is 17.1 Å². The van der Waals surface area contributed by atoms with E-state index in [4.69, 9.17) is 4.74 Å². The smallest absolute Gasteiger partial charge is 0.414 e. The zero-order valence-corrected chi connectivity index (χ0v) is 23.7. The highest BCUT2D eigenvalue weighted by Crippen LogP contribution is 2.32. The molecular weight excluding hydrogens is 575 g/mol. The van der Waals surface area contributed by atoms with Crippen LogP contribution < -0.4 is 14.8 Å². The van der Waals surface area contributed by atoms with Crippen molar-refractivity contribution in [2.45, 2.75) is 50.0 Å². The fraction of sp³-hybridized carbons (Fsp3) is 0.393. The molecule has 1 amide bonds. The van der Waals surface area contributed by atoms with Gasteiger partial charge in [-0.3, -0.25) is 9.69 Å². The van der Waals surface area contributed by atoms with Gasteiger partial charge in [-0.25, -0.2) is 18.1 Å². The van der Waals surface area contributed by atoms with Crippen LogP contribution in [0.5, 0.6) is 5.88 Å². The van der Waals surface area contributed by atoms with Gasteiger partial charge in [0.2, 0.25) is 17.7 Å². The minimum atomic E-state index is -4.75. The number of anilines is 2. The maximum atomic E-state index is 13.3. The van der Waals surface area contributed by atoms with E-state index >= 15 is 0 Å². The molecule has 1 saturated heterocycles. The van der Waals surface area contributed by atoms with E-state index in [9.17, 15) is 31.5 Å². The lowest BCUT2D eigenvalue weighted by atomic mass is 9.94. The summed E-state index contributed by atoms with van der Waals surface area (Å²) in [7, 11) is -4.17. The summed E-state index contributed by atoms with van der Waals surface area (Å²) in [6, 6.07) is 12.9. The number of amides is 1. The Hall–Kier alpha value is -3.75. The molecule has 0 aliphatic carbocycles. The lowest BCUT2D eigenvalue weighted by molar-refractivity contribution is -0.206. The number of alkyl halides is 3. The van der Waals surface area contributed by atoms with Gasteiger partial charge in [-0.1, -0.05) is 24.3 Å². The number of aliphatic hydroxyl groups is 1. The number of piperidine rings is 1. The van der Waals surface area contributed by atoms with E-state index in [-0.39, 0.29) is 48.5 Å². The van der Waals surface area contributed by atoms with Gasteiger partial charge in [0, 0.05) is 37.0 Å². The maximum Gasteiger partial charge on any atom is 0.414 e. The molecule has 3 atom stereocenters. The van der Waals surface area contributed by atoms with E-state index in [1.807, 2.05) is 32.0 Å². The molecule has 2 aromatic carbocycles. The SMILES string of the molecule is Cc1cccc(C)c1-c1cc2nc(n1)NS(=O)(=O)c1cccc(c1)NC(=O)[C@@H]1C[C@@H](CN(CCC(O)C(F)(F)F)C1)O2. The number of ether oxygens (including phenoxy) is 1. The highest BCUT2D eigenvalue weighted by atomic mass is 32.2. The lowest BCUT2D eigenvalue weighted by Gasteiger charge is -2.37. The molecule has 10 nitrogen and oxygen atoms in total. The van der Waals surface area contributed by atoms with E-state index in [0.717, 1.165) is 16.7 Å². The number of nitrogens with zero attached hydrogens (tertiary/aromatic N) is 3. The lowest BCUT2D eigenvalue weighted by Crippen LogP contribution is -2.50. The van der Waals surface area contributed by atoms with Gasteiger partial charge in [0.1, 0.15) is 6.10 Å². The number of benzene rings is 2. The second-order valence-corrected chi connectivity index (χ2v) is 12.3. The standard InChI is InChI=1S/C28H30F3N5O5S/c1-16-5-3-6-17(2)25(16)22-13-24-34-27(33-22)35-42(39,40)21-8-4-7-19(12-21)32-26(38)18-11-20(41-24)15-36(14-18)10-9-23(37)28(29,30)31/h3-8,12-13,18,20,23,37H,9-11,14-15H2,1-2H3,(H,32,38)(H,33,34,35)/t18-,20+,23?/m1/s1. The van der Waals surface area contributed by atoms with Crippen LogP contribution in [-0.4, -0.2) is 72.3 Å². The van der Waals surface area contributed by atoms with Gasteiger partial charge in [-0.05, 0) is 56.0 Å². The number of aliphatic hydroxyl groups excluding tert-OH is 1. The summed E-state index contributed by atoms with van der Waals surface area (Å²) in [6.07, 6.45) is -8.27. The Morgan fingerprint density at radius 1 is 1.10 bits per heavy atom. The van der Waals surface area contributed by atoms with Crippen molar-refractivity contribution in [3.63, 3.8) is 0 Å². The minimum Gasteiger partial charge on any atom is -0.473 e. The van der Waals surface area contributed by atoms with Crippen molar-refractivity contribution in [2.75, 3.05) is 29.7 Å². The predicted molar refractivity (Wildman–Crippen MR) is 148 cm³/mol. The average molecular weight is 606 g/mol. The van der Waals surface area contributed by atoms with Crippen molar-refractivity contribution < 1.29 is 36.2 Å². The summed E-state index contributed by atoms with van der Waals surface area (Å²) >= 11 is 0. The molecule has 3 N–H and O–H groups in total. The van der Waals surface area contributed by atoms with E-state index in [2.05, 4.69) is 20.0 Å². The number of hydrogen-bond acceptors (Lipinski definition) is 8. The maximum absolute atomic E-state index is 13.3. The van der Waals surface area contributed by atoms with Gasteiger partial charge in [-0.15, -0.1) is 0 Å². The second-order valence-electron chi connectivity index (χ2n) is 10.6. The summed E-state index contributed by atoms with van der Waals surface area (Å²) in [5.74, 6) is -1.34. The first-order valence-corrected chi connectivity index (χ1v) is 14.8. The van der Waals surface area contributed by atoms with Crippen LogP contribution in [-0.2, 0) is 14.8 Å². The Labute approximate surface area is 241 Å². The molecule has 1 unspecified atom stereocenters. The number of halogens is 3. The van der Waals surface area contributed by atoms with Gasteiger partial charge < -0.3 is 15.2 Å². The monoisotopic (exact) mass is 605 g/mol. The van der Waals surface area contributed by atoms with Gasteiger partial charge in [0.15, 0.2) is 6.10 Å². The predicted octanol–water partition coefficient (Wildman–Crippen LogP) is 3.90. The molecule has 6 bridgehead atoms. The molecule has 2 aliphatic heterocycles. The van der Waals surface area contributed by atoms with Gasteiger partial charge in [-0.2, -0.15) is 18.2 Å². The highest BCUT2D eigenvalue weighted by molar-refractivity contribution is 7.92. The van der Waals surface area contributed by atoms with Crippen LogP contribution >= 0.6 is 0 Å². The molecule has 0 radical (unpaired) electrons. The van der Waals surface area contributed by atoms with E-state index in [0.29, 0.717) is 5.69 Å². The van der Waals surface area contributed by atoms with Gasteiger partial charge in [0.05, 0.1) is 16.5 Å². The summed E-state index contributed by atoms with van der Waals surface area (Å²) in [4.78, 5) is 23.6. The van der Waals surface area contributed by atoms with Crippen molar-refractivity contribution >= 4 is 27.6 Å². The van der Waals surface area contributed by atoms with E-state index < -0.39 is 46.7 Å². The minimum absolute atomic E-state index is 0.0347. The van der Waals surface area contributed by atoms with E-state index in [1.54, 1.807) is 11.0 Å². The zero-order chi connectivity index (χ0) is 30.2. The highest BCUT2D eigenvalue weighted by Gasteiger charge is 2.39. The average Bonchev–Trinajstić information content (AvgIpc) is 2.90. The fourth-order valence-corrected chi connectivity index (χ4v) is 6.27. The number of aryl methyl sites for hydroxylation is 2. The normalized spacial score (nSPS) is 21.3. The van der Waals surface area contributed by atoms with Gasteiger partial charge >= 0.3 is 6.18 Å². The molecular formula is C28H30F3N5O5S. The van der Waals surface area contributed by atoms with Crippen molar-refractivity contribution in [3.05, 3.63) is 59.7 Å². The van der Waals surface area contributed by atoms with Crippen molar-refractivity contribution in [2.24, 2.45) is 5.92 Å². The van der Waals surface area contributed by atoms with Crippen LogP contribution in [0.4, 0.5) is 24.8 Å². The Morgan fingerprint density at radius 3 is 2.52 bits per heavy atom. The molecule has 0 spiro atoms. The third-order valence-electron chi connectivity index (χ3n) is 7.32. The third kappa shape index (κ3) is 6.66. The Kier molecular flexibility index (Phi) is 8.14. The molecule has 3 aromatic rings. The van der Waals surface area contributed by atoms with Crippen LogP contribution in [0.1, 0.15) is 24.0 Å². The number of likely N-dealkylation sites (tertiary alicyclic amines) is 1. The molecule has 14 heteroatoms. The molecule has 1 fully saturated rings. The number of carbonyl (C=O) groups excluding carboxylic acids is 1. The first-order valence-electron chi connectivity index (χ1n) is 13.3. The summed E-state index contributed by atoms with van der Waals surface area (Å²) in [5.41, 5.74) is 3.17. The van der Waals surface area contributed by atoms with Crippen LogP contribution in [0.2, 0.25) is 0 Å². The number of fused-ring (bicyclic) bond motifs is 6. The molecule has 42 heavy (non-hydrogen) atoms. The summed E-state index contributed by atoms with van der Waals surface area (Å²) in [6.45, 7) is 3.95. The number of carbonyl (C=O) groups is 1. The Balaban J connectivity index is 1.56. The molecule has 3 heterocycles. The van der Waals surface area contributed by atoms with Gasteiger partial charge in [0.25, 0.3) is 10.0 Å². The summed E-state index contributed by atoms with van der Waals surface area (Å²) < 4.78 is 74.1. The van der Waals surface area contributed by atoms with E-state index in [1.165, 1.54) is 24.3 Å². The van der Waals surface area contributed by atoms with Crippen LogP contribution in [0.25, 0.3) is 11.3 Å². The largest absolute Gasteiger partial charge is 0.473 e. The van der Waals surface area contributed by atoms with Crippen LogP contribution in [0.3, 0.4) is 0 Å². The number of sulfonamides is 1. The van der Waals surface area contributed by atoms with Crippen molar-refractivity contribution in [1.29, 1.82) is 0 Å². The third-order valence-corrected chi connectivity index (χ3v) is 8.65. The second kappa shape index (κ2) is 11.5. The number of nitrogens with one attached hydrogen (secondary N) is 2.